The molecule has 0 saturated heterocycles. The molecule has 0 atom stereocenters. The van der Waals surface area contributed by atoms with Gasteiger partial charge in [-0.25, -0.2) is 4.68 Å². The molecule has 3 aromatic rings. The number of hydrogen-bond donors (Lipinski definition) is 4. The summed E-state index contributed by atoms with van der Waals surface area (Å²) in [5.41, 5.74) is 12.5. The number of hydrogen-bond acceptors (Lipinski definition) is 7. The number of carbonyl (C=O) groups excluding carboxylic acids is 3. The number of rotatable bonds is 8. The van der Waals surface area contributed by atoms with Crippen molar-refractivity contribution in [2.45, 2.75) is 26.3 Å². The normalized spacial score (nSPS) is 10.7. The minimum atomic E-state index is -0.859. The fourth-order valence-corrected chi connectivity index (χ4v) is 3.14. The molecule has 0 aliphatic rings. The van der Waals surface area contributed by atoms with Gasteiger partial charge in [-0.05, 0) is 37.6 Å². The molecular formula is C22H25N7O4. The molecule has 0 aliphatic carbocycles. The third kappa shape index (κ3) is 5.45. The van der Waals surface area contributed by atoms with Crippen molar-refractivity contribution in [1.82, 2.24) is 14.8 Å². The number of benzene rings is 1. The zero-order valence-corrected chi connectivity index (χ0v) is 18.5. The van der Waals surface area contributed by atoms with Crippen LogP contribution in [0.15, 0.2) is 42.7 Å². The molecule has 0 radical (unpaired) electrons. The van der Waals surface area contributed by atoms with E-state index in [1.54, 1.807) is 45.2 Å². The van der Waals surface area contributed by atoms with Gasteiger partial charge in [-0.1, -0.05) is 12.1 Å². The molecule has 33 heavy (non-hydrogen) atoms. The van der Waals surface area contributed by atoms with Crippen LogP contribution in [0.3, 0.4) is 0 Å². The molecule has 0 spiro atoms. The van der Waals surface area contributed by atoms with Crippen molar-refractivity contribution in [3.8, 4) is 5.75 Å². The van der Waals surface area contributed by atoms with Crippen molar-refractivity contribution in [1.29, 1.82) is 0 Å². The molecule has 0 fully saturated rings. The van der Waals surface area contributed by atoms with Crippen LogP contribution in [0.2, 0.25) is 0 Å². The van der Waals surface area contributed by atoms with E-state index in [9.17, 15) is 14.4 Å². The second-order valence-electron chi connectivity index (χ2n) is 7.50. The van der Waals surface area contributed by atoms with Crippen molar-refractivity contribution in [2.24, 2.45) is 5.73 Å². The maximum absolute atomic E-state index is 12.8. The Balaban J connectivity index is 1.72. The first-order chi connectivity index (χ1) is 15.7. The highest BCUT2D eigenvalue weighted by Crippen LogP contribution is 2.22. The Hall–Kier alpha value is -4.41. The molecule has 0 bridgehead atoms. The van der Waals surface area contributed by atoms with Crippen molar-refractivity contribution in [3.05, 3.63) is 59.5 Å². The summed E-state index contributed by atoms with van der Waals surface area (Å²) >= 11 is 0. The van der Waals surface area contributed by atoms with Crippen molar-refractivity contribution < 1.29 is 19.1 Å². The van der Waals surface area contributed by atoms with E-state index in [1.807, 2.05) is 0 Å². The molecular weight excluding hydrogens is 426 g/mol. The monoisotopic (exact) mass is 451 g/mol. The lowest BCUT2D eigenvalue weighted by Crippen LogP contribution is -2.21. The fourth-order valence-electron chi connectivity index (χ4n) is 3.14. The lowest BCUT2D eigenvalue weighted by molar-refractivity contribution is -0.115. The molecule has 2 heterocycles. The minimum Gasteiger partial charge on any atom is -0.497 e. The highest BCUT2D eigenvalue weighted by molar-refractivity contribution is 6.12. The summed E-state index contributed by atoms with van der Waals surface area (Å²) in [5, 5.41) is 9.47. The number of aromatic nitrogens is 3. The largest absolute Gasteiger partial charge is 0.497 e. The van der Waals surface area contributed by atoms with E-state index >= 15 is 0 Å². The quantitative estimate of drug-likeness (QED) is 0.406. The van der Waals surface area contributed by atoms with Gasteiger partial charge in [0.15, 0.2) is 5.69 Å². The highest BCUT2D eigenvalue weighted by atomic mass is 16.5. The van der Waals surface area contributed by atoms with Crippen molar-refractivity contribution in [2.75, 3.05) is 23.5 Å². The number of amides is 3. The fraction of sp³-hybridized carbons (Fsp3) is 0.227. The number of ether oxygens (including phenoxy) is 1. The molecule has 3 amide bonds. The van der Waals surface area contributed by atoms with Gasteiger partial charge in [-0.15, -0.1) is 0 Å². The predicted octanol–water partition coefficient (Wildman–Crippen LogP) is 1.98. The van der Waals surface area contributed by atoms with Gasteiger partial charge in [-0.3, -0.25) is 19.4 Å². The van der Waals surface area contributed by atoms with Crippen LogP contribution >= 0.6 is 0 Å². The minimum absolute atomic E-state index is 0.0142. The predicted molar refractivity (Wildman–Crippen MR) is 123 cm³/mol. The molecule has 11 heteroatoms. The number of nitrogens with two attached hydrogens (primary N) is 2. The number of nitrogen functional groups attached to an aromatic ring is 1. The summed E-state index contributed by atoms with van der Waals surface area (Å²) < 4.78 is 6.46. The molecule has 11 nitrogen and oxygen atoms in total. The molecule has 6 N–H and O–H groups in total. The van der Waals surface area contributed by atoms with Crippen LogP contribution in [-0.2, 0) is 11.2 Å². The van der Waals surface area contributed by atoms with Gasteiger partial charge in [0.05, 0.1) is 37.3 Å². The number of anilines is 3. The van der Waals surface area contributed by atoms with Gasteiger partial charge < -0.3 is 26.8 Å². The number of methoxy groups -OCH3 is 1. The van der Waals surface area contributed by atoms with Crippen LogP contribution in [0.5, 0.6) is 5.75 Å². The standard InChI is InChI=1S/C22H25N7O4/c1-12(2)29-20(23)18(21(24)31)19(28-29)22(32)27-15-9-14(10-25-11-15)26-17(30)8-13-4-6-16(33-3)7-5-13/h4-7,9-12H,8,23H2,1-3H3,(H2,24,31)(H,26,30)(H,27,32). The van der Waals surface area contributed by atoms with Gasteiger partial charge in [0.1, 0.15) is 17.1 Å². The second kappa shape index (κ2) is 9.81. The lowest BCUT2D eigenvalue weighted by atomic mass is 10.1. The van der Waals surface area contributed by atoms with E-state index in [4.69, 9.17) is 16.2 Å². The van der Waals surface area contributed by atoms with E-state index in [0.29, 0.717) is 11.4 Å². The summed E-state index contributed by atoms with van der Waals surface area (Å²) in [6, 6.07) is 8.48. The van der Waals surface area contributed by atoms with Gasteiger partial charge in [0.2, 0.25) is 5.91 Å². The van der Waals surface area contributed by atoms with Crippen LogP contribution in [0.25, 0.3) is 0 Å². The Bertz CT molecular complexity index is 1190. The van der Waals surface area contributed by atoms with E-state index < -0.39 is 11.8 Å². The third-order valence-electron chi connectivity index (χ3n) is 4.70. The molecule has 2 aromatic heterocycles. The van der Waals surface area contributed by atoms with Crippen LogP contribution < -0.4 is 26.8 Å². The van der Waals surface area contributed by atoms with Gasteiger partial charge in [-0.2, -0.15) is 5.10 Å². The first-order valence-corrected chi connectivity index (χ1v) is 10.1. The molecule has 0 unspecified atom stereocenters. The molecule has 3 rings (SSSR count). The Morgan fingerprint density at radius 2 is 1.73 bits per heavy atom. The van der Waals surface area contributed by atoms with Crippen molar-refractivity contribution >= 4 is 34.9 Å². The van der Waals surface area contributed by atoms with Crippen LogP contribution in [0, 0.1) is 0 Å². The summed E-state index contributed by atoms with van der Waals surface area (Å²) in [6.07, 6.45) is 2.99. The maximum atomic E-state index is 12.8. The number of nitrogens with one attached hydrogen (secondary N) is 2. The van der Waals surface area contributed by atoms with Gasteiger partial charge in [0, 0.05) is 6.04 Å². The lowest BCUT2D eigenvalue weighted by Gasteiger charge is -2.08. The average molecular weight is 451 g/mol. The summed E-state index contributed by atoms with van der Waals surface area (Å²) in [7, 11) is 1.57. The number of primary amides is 1. The van der Waals surface area contributed by atoms with Gasteiger partial charge in [0.25, 0.3) is 11.8 Å². The topological polar surface area (TPSA) is 167 Å². The van der Waals surface area contributed by atoms with Gasteiger partial charge >= 0.3 is 0 Å². The number of nitrogens with zero attached hydrogens (tertiary/aromatic N) is 3. The average Bonchev–Trinajstić information content (AvgIpc) is 3.12. The molecule has 0 saturated carbocycles. The van der Waals surface area contributed by atoms with Crippen LogP contribution in [0.4, 0.5) is 17.2 Å². The van der Waals surface area contributed by atoms with E-state index in [1.165, 1.54) is 23.1 Å². The Labute approximate surface area is 190 Å². The number of pyridine rings is 1. The Kier molecular flexibility index (Phi) is 6.91. The molecule has 0 aliphatic heterocycles. The number of carbonyl (C=O) groups is 3. The molecule has 1 aromatic carbocycles. The van der Waals surface area contributed by atoms with Crippen LogP contribution in [-0.4, -0.2) is 39.6 Å². The second-order valence-corrected chi connectivity index (χ2v) is 7.50. The Morgan fingerprint density at radius 3 is 2.30 bits per heavy atom. The third-order valence-corrected chi connectivity index (χ3v) is 4.70. The summed E-state index contributed by atoms with van der Waals surface area (Å²) in [4.78, 5) is 41.0. The first kappa shape index (κ1) is 23.3. The smallest absolute Gasteiger partial charge is 0.277 e. The van der Waals surface area contributed by atoms with Crippen molar-refractivity contribution in [3.63, 3.8) is 0 Å². The maximum Gasteiger partial charge on any atom is 0.277 e. The first-order valence-electron chi connectivity index (χ1n) is 10.1. The SMILES string of the molecule is COc1ccc(CC(=O)Nc2cncc(NC(=O)c3nn(C(C)C)c(N)c3C(N)=O)c2)cc1. The van der Waals surface area contributed by atoms with E-state index in [2.05, 4.69) is 20.7 Å². The van der Waals surface area contributed by atoms with E-state index in [0.717, 1.165) is 5.56 Å². The zero-order valence-electron chi connectivity index (χ0n) is 18.5. The summed E-state index contributed by atoms with van der Waals surface area (Å²) in [5.74, 6) is -1.09. The molecule has 172 valence electrons. The van der Waals surface area contributed by atoms with E-state index in [-0.39, 0.29) is 41.1 Å². The highest BCUT2D eigenvalue weighted by Gasteiger charge is 2.26. The zero-order chi connectivity index (χ0) is 24.1. The summed E-state index contributed by atoms with van der Waals surface area (Å²) in [6.45, 7) is 3.61. The Morgan fingerprint density at radius 1 is 1.09 bits per heavy atom. The van der Waals surface area contributed by atoms with Crippen LogP contribution in [0.1, 0.15) is 46.3 Å².